The summed E-state index contributed by atoms with van der Waals surface area (Å²) < 4.78 is 11.6. The first-order valence-electron chi connectivity index (χ1n) is 8.66. The molecule has 0 saturated heterocycles. The molecule has 0 bridgehead atoms. The molecule has 0 amide bonds. The Hall–Kier alpha value is -2.56. The summed E-state index contributed by atoms with van der Waals surface area (Å²) in [5.41, 5.74) is 3.04. The Labute approximate surface area is 147 Å². The van der Waals surface area contributed by atoms with Crippen molar-refractivity contribution < 1.29 is 19.4 Å². The summed E-state index contributed by atoms with van der Waals surface area (Å²) in [5.74, 6) is 0.689. The van der Waals surface area contributed by atoms with Crippen molar-refractivity contribution in [3.63, 3.8) is 0 Å². The van der Waals surface area contributed by atoms with Crippen LogP contribution in [0.15, 0.2) is 36.4 Å². The summed E-state index contributed by atoms with van der Waals surface area (Å²) in [4.78, 5) is 15.3. The number of carboxylic acid groups (broad SMARTS) is 1. The van der Waals surface area contributed by atoms with Crippen LogP contribution in [0.4, 0.5) is 0 Å². The number of carboxylic acids is 1. The first-order chi connectivity index (χ1) is 12.0. The monoisotopic (exact) mass is 341 g/mol. The van der Waals surface area contributed by atoms with Gasteiger partial charge in [-0.15, -0.1) is 0 Å². The van der Waals surface area contributed by atoms with Crippen molar-refractivity contribution >= 4 is 5.97 Å². The summed E-state index contributed by atoms with van der Waals surface area (Å²) in [6.45, 7) is 3.96. The van der Waals surface area contributed by atoms with E-state index < -0.39 is 5.97 Å². The van der Waals surface area contributed by atoms with Crippen LogP contribution in [0.2, 0.25) is 0 Å². The maximum absolute atomic E-state index is 10.7. The lowest BCUT2D eigenvalue weighted by molar-refractivity contribution is -0.137. The van der Waals surface area contributed by atoms with E-state index in [1.165, 1.54) is 0 Å². The number of aliphatic carboxylic acids is 1. The van der Waals surface area contributed by atoms with Crippen LogP contribution in [0.25, 0.3) is 11.3 Å². The van der Waals surface area contributed by atoms with Crippen LogP contribution in [0, 0.1) is 0 Å². The fraction of sp³-hybridized carbons (Fsp3) is 0.400. The van der Waals surface area contributed by atoms with Crippen molar-refractivity contribution in [3.8, 4) is 22.9 Å². The lowest BCUT2D eigenvalue weighted by atomic mass is 9.97. The molecule has 0 radical (unpaired) electrons. The Bertz CT molecular complexity index is 757. The van der Waals surface area contributed by atoms with Crippen molar-refractivity contribution in [2.24, 2.45) is 0 Å². The summed E-state index contributed by atoms with van der Waals surface area (Å²) in [6, 6.07) is 11.8. The van der Waals surface area contributed by atoms with Crippen LogP contribution in [0.1, 0.15) is 38.7 Å². The number of aryl methyl sites for hydroxylation is 1. The molecule has 1 aliphatic rings. The van der Waals surface area contributed by atoms with Gasteiger partial charge in [-0.3, -0.25) is 4.79 Å². The van der Waals surface area contributed by atoms with Crippen LogP contribution in [0.3, 0.4) is 0 Å². The van der Waals surface area contributed by atoms with Crippen LogP contribution in [-0.2, 0) is 11.2 Å². The van der Waals surface area contributed by atoms with Gasteiger partial charge in [-0.25, -0.2) is 4.98 Å². The Morgan fingerprint density at radius 1 is 1.36 bits per heavy atom. The number of rotatable bonds is 6. The molecule has 1 N–H and O–H groups in total. The summed E-state index contributed by atoms with van der Waals surface area (Å²) in [6.07, 6.45) is 2.48. The average molecular weight is 341 g/mol. The zero-order valence-corrected chi connectivity index (χ0v) is 14.6. The minimum absolute atomic E-state index is 0.0182. The van der Waals surface area contributed by atoms with E-state index in [2.05, 4.69) is 11.1 Å². The normalized spacial score (nSPS) is 16.2. The number of nitrogens with zero attached hydrogens (tertiary/aromatic N) is 1. The molecule has 2 aromatic rings. The molecule has 0 fully saturated rings. The number of fused-ring (bicyclic) bond motifs is 1. The second-order valence-corrected chi connectivity index (χ2v) is 6.56. The van der Waals surface area contributed by atoms with Gasteiger partial charge in [0.25, 0.3) is 0 Å². The van der Waals surface area contributed by atoms with Crippen LogP contribution >= 0.6 is 0 Å². The van der Waals surface area contributed by atoms with Crippen molar-refractivity contribution in [2.45, 2.75) is 51.7 Å². The van der Waals surface area contributed by atoms with Gasteiger partial charge in [0.15, 0.2) is 0 Å². The molecule has 3 rings (SSSR count). The molecule has 132 valence electrons. The van der Waals surface area contributed by atoms with E-state index in [9.17, 15) is 4.79 Å². The molecule has 0 spiro atoms. The topological polar surface area (TPSA) is 68.7 Å². The van der Waals surface area contributed by atoms with Crippen molar-refractivity contribution in [1.29, 1.82) is 0 Å². The Morgan fingerprint density at radius 3 is 2.96 bits per heavy atom. The van der Waals surface area contributed by atoms with E-state index in [1.54, 1.807) is 0 Å². The zero-order chi connectivity index (χ0) is 17.8. The highest BCUT2D eigenvalue weighted by Gasteiger charge is 2.21. The zero-order valence-electron chi connectivity index (χ0n) is 14.6. The van der Waals surface area contributed by atoms with Gasteiger partial charge in [0.1, 0.15) is 5.75 Å². The molecule has 1 aromatic carbocycles. The first-order valence-corrected chi connectivity index (χ1v) is 8.66. The van der Waals surface area contributed by atoms with Gasteiger partial charge in [0, 0.05) is 18.1 Å². The van der Waals surface area contributed by atoms with E-state index >= 15 is 0 Å². The number of hydrogen-bond acceptors (Lipinski definition) is 4. The van der Waals surface area contributed by atoms with Gasteiger partial charge in [-0.05, 0) is 62.9 Å². The summed E-state index contributed by atoms with van der Waals surface area (Å²) in [7, 11) is 0. The molecule has 0 aliphatic carbocycles. The highest BCUT2D eigenvalue weighted by atomic mass is 16.5. The van der Waals surface area contributed by atoms with Gasteiger partial charge < -0.3 is 14.6 Å². The SMILES string of the molecule is CC(C)Oc1cccc(-c2ccc3c(c2)CCC(CCC(=O)O)O3)n1. The molecule has 25 heavy (non-hydrogen) atoms. The number of benzene rings is 1. The van der Waals surface area contributed by atoms with Gasteiger partial charge in [-0.2, -0.15) is 0 Å². The third-order valence-corrected chi connectivity index (χ3v) is 4.15. The highest BCUT2D eigenvalue weighted by Crippen LogP contribution is 2.33. The van der Waals surface area contributed by atoms with E-state index in [-0.39, 0.29) is 18.6 Å². The van der Waals surface area contributed by atoms with Crippen molar-refractivity contribution in [2.75, 3.05) is 0 Å². The second kappa shape index (κ2) is 7.55. The standard InChI is InChI=1S/C20H23NO4/c1-13(2)24-19-5-3-4-17(21-19)14-7-10-18-15(12-14)6-8-16(25-18)9-11-20(22)23/h3-5,7,10,12-13,16H,6,8-9,11H2,1-2H3,(H,22,23). The Morgan fingerprint density at radius 2 is 2.20 bits per heavy atom. The third-order valence-electron chi connectivity index (χ3n) is 4.15. The van der Waals surface area contributed by atoms with E-state index in [0.29, 0.717) is 12.3 Å². The van der Waals surface area contributed by atoms with Gasteiger partial charge in [-0.1, -0.05) is 6.07 Å². The first kappa shape index (κ1) is 17.3. The number of carbonyl (C=O) groups is 1. The molecule has 1 atom stereocenters. The highest BCUT2D eigenvalue weighted by molar-refractivity contribution is 5.66. The number of ether oxygens (including phenoxy) is 2. The van der Waals surface area contributed by atoms with E-state index in [4.69, 9.17) is 14.6 Å². The van der Waals surface area contributed by atoms with E-state index in [1.807, 2.05) is 44.2 Å². The fourth-order valence-electron chi connectivity index (χ4n) is 2.97. The Balaban J connectivity index is 1.75. The summed E-state index contributed by atoms with van der Waals surface area (Å²) in [5, 5.41) is 8.81. The van der Waals surface area contributed by atoms with Gasteiger partial charge in [0.05, 0.1) is 17.9 Å². The largest absolute Gasteiger partial charge is 0.490 e. The summed E-state index contributed by atoms with van der Waals surface area (Å²) >= 11 is 0. The number of pyridine rings is 1. The molecular weight excluding hydrogens is 318 g/mol. The smallest absolute Gasteiger partial charge is 0.303 e. The quantitative estimate of drug-likeness (QED) is 0.857. The predicted octanol–water partition coefficient (Wildman–Crippen LogP) is 4.09. The van der Waals surface area contributed by atoms with Gasteiger partial charge >= 0.3 is 5.97 Å². The minimum atomic E-state index is -0.778. The molecule has 0 saturated carbocycles. The average Bonchev–Trinajstić information content (AvgIpc) is 2.59. The molecule has 1 aliphatic heterocycles. The third kappa shape index (κ3) is 4.50. The molecule has 1 unspecified atom stereocenters. The maximum atomic E-state index is 10.7. The van der Waals surface area contributed by atoms with Crippen LogP contribution < -0.4 is 9.47 Å². The molecule has 2 heterocycles. The fourth-order valence-corrected chi connectivity index (χ4v) is 2.97. The van der Waals surface area contributed by atoms with E-state index in [0.717, 1.165) is 35.4 Å². The van der Waals surface area contributed by atoms with Crippen molar-refractivity contribution in [1.82, 2.24) is 4.98 Å². The molecular formula is C20H23NO4. The lowest BCUT2D eigenvalue weighted by Crippen LogP contribution is -2.23. The lowest BCUT2D eigenvalue weighted by Gasteiger charge is -2.26. The minimum Gasteiger partial charge on any atom is -0.490 e. The molecule has 1 aromatic heterocycles. The second-order valence-electron chi connectivity index (χ2n) is 6.56. The molecule has 5 nitrogen and oxygen atoms in total. The van der Waals surface area contributed by atoms with Crippen LogP contribution in [0.5, 0.6) is 11.6 Å². The predicted molar refractivity (Wildman–Crippen MR) is 95.0 cm³/mol. The number of aromatic nitrogens is 1. The van der Waals surface area contributed by atoms with Crippen molar-refractivity contribution in [3.05, 3.63) is 42.0 Å². The molecule has 5 heteroatoms. The maximum Gasteiger partial charge on any atom is 0.303 e. The Kier molecular flexibility index (Phi) is 5.22. The van der Waals surface area contributed by atoms with Gasteiger partial charge in [0.2, 0.25) is 5.88 Å². The van der Waals surface area contributed by atoms with Crippen LogP contribution in [-0.4, -0.2) is 28.3 Å². The number of hydrogen-bond donors (Lipinski definition) is 1.